The van der Waals surface area contributed by atoms with Crippen LogP contribution in [0.15, 0.2) is 18.2 Å². The fourth-order valence-corrected chi connectivity index (χ4v) is 3.82. The van der Waals surface area contributed by atoms with Crippen molar-refractivity contribution in [2.45, 2.75) is 17.5 Å². The molecule has 0 aliphatic heterocycles. The van der Waals surface area contributed by atoms with Crippen LogP contribution >= 0.6 is 31.9 Å². The number of ether oxygens (including phenoxy) is 2. The van der Waals surface area contributed by atoms with E-state index in [9.17, 15) is 0 Å². The number of alkyl halides is 1. The largest absolute Gasteiger partial charge is 0.348 e. The summed E-state index contributed by atoms with van der Waals surface area (Å²) in [6, 6.07) is 3.95. The quantitative estimate of drug-likeness (QED) is 0.597. The van der Waals surface area contributed by atoms with Gasteiger partial charge in [-0.2, -0.15) is 0 Å². The molecule has 5 heteroatoms. The summed E-state index contributed by atoms with van der Waals surface area (Å²) in [5.74, 6) is -0.826. The average Bonchev–Trinajstić information content (AvgIpc) is 2.31. The van der Waals surface area contributed by atoms with Crippen molar-refractivity contribution < 1.29 is 9.47 Å². The van der Waals surface area contributed by atoms with Crippen LogP contribution in [0.2, 0.25) is 0 Å². The minimum absolute atomic E-state index is 0.0728. The summed E-state index contributed by atoms with van der Waals surface area (Å²) in [6.07, 6.45) is 1.99. The lowest BCUT2D eigenvalue weighted by atomic mass is 9.94. The summed E-state index contributed by atoms with van der Waals surface area (Å²) in [5.41, 5.74) is 2.75. The van der Waals surface area contributed by atoms with E-state index in [1.54, 1.807) is 14.2 Å². The van der Waals surface area contributed by atoms with E-state index < -0.39 is 5.79 Å². The summed E-state index contributed by atoms with van der Waals surface area (Å²) in [6.45, 7) is 1.96. The molecule has 0 N–H and O–H groups in total. The maximum absolute atomic E-state index is 5.58. The number of hydrogen-bond acceptors (Lipinski definition) is 3. The van der Waals surface area contributed by atoms with Crippen LogP contribution in [0, 0.1) is 6.92 Å². The van der Waals surface area contributed by atoms with Gasteiger partial charge in [0.15, 0.2) is 0 Å². The molecule has 0 aromatic carbocycles. The maximum atomic E-state index is 5.58. The normalized spacial score (nSPS) is 21.9. The third kappa shape index (κ3) is 1.99. The van der Waals surface area contributed by atoms with Crippen LogP contribution in [0.3, 0.4) is 0 Å². The maximum Gasteiger partial charge on any atom is 0.213 e. The highest BCUT2D eigenvalue weighted by Gasteiger charge is 2.44. The Hall–Kier alpha value is -0.230. The molecule has 2 rings (SSSR count). The third-order valence-corrected chi connectivity index (χ3v) is 4.41. The average molecular weight is 363 g/mol. The first-order valence-corrected chi connectivity index (χ1v) is 6.86. The first-order valence-electron chi connectivity index (χ1n) is 5.15. The van der Waals surface area contributed by atoms with Crippen molar-refractivity contribution >= 4 is 36.3 Å². The highest BCUT2D eigenvalue weighted by Crippen LogP contribution is 2.44. The number of pyridine rings is 1. The van der Waals surface area contributed by atoms with Gasteiger partial charge in [0, 0.05) is 30.0 Å². The van der Waals surface area contributed by atoms with Crippen LogP contribution in [-0.2, 0) is 15.3 Å². The first-order chi connectivity index (χ1) is 8.05. The summed E-state index contributed by atoms with van der Waals surface area (Å²) < 4.78 is 12.1. The van der Waals surface area contributed by atoms with Gasteiger partial charge in [-0.05, 0) is 41.1 Å². The third-order valence-electron chi connectivity index (χ3n) is 2.90. The van der Waals surface area contributed by atoms with Gasteiger partial charge >= 0.3 is 0 Å². The summed E-state index contributed by atoms with van der Waals surface area (Å²) in [7, 11) is 3.27. The van der Waals surface area contributed by atoms with Crippen molar-refractivity contribution in [1.82, 2.24) is 4.98 Å². The van der Waals surface area contributed by atoms with Gasteiger partial charge in [0.2, 0.25) is 5.79 Å². The number of aryl methyl sites for hydroxylation is 1. The Balaban J connectivity index is 2.68. The molecule has 92 valence electrons. The number of hydrogen-bond donors (Lipinski definition) is 0. The summed E-state index contributed by atoms with van der Waals surface area (Å²) >= 11 is 7.11. The van der Waals surface area contributed by atoms with Crippen molar-refractivity contribution in [3.8, 4) is 0 Å². The number of fused-ring (bicyclic) bond motifs is 1. The lowest BCUT2D eigenvalue weighted by molar-refractivity contribution is -0.209. The number of aromatic nitrogens is 1. The summed E-state index contributed by atoms with van der Waals surface area (Å²) in [5, 5.41) is 0. The van der Waals surface area contributed by atoms with Gasteiger partial charge in [-0.25, -0.2) is 0 Å². The van der Waals surface area contributed by atoms with Gasteiger partial charge in [0.25, 0.3) is 0 Å². The fraction of sp³-hybridized carbons (Fsp3) is 0.417. The van der Waals surface area contributed by atoms with Gasteiger partial charge in [0.05, 0.1) is 10.5 Å². The molecular weight excluding hydrogens is 350 g/mol. The van der Waals surface area contributed by atoms with Crippen molar-refractivity contribution in [1.29, 1.82) is 0 Å². The Bertz CT molecular complexity index is 470. The Morgan fingerprint density at radius 1 is 1.29 bits per heavy atom. The van der Waals surface area contributed by atoms with E-state index in [4.69, 9.17) is 9.47 Å². The minimum Gasteiger partial charge on any atom is -0.348 e. The van der Waals surface area contributed by atoms with Crippen LogP contribution in [0.4, 0.5) is 0 Å². The molecule has 0 amide bonds. The first kappa shape index (κ1) is 13.2. The molecule has 17 heavy (non-hydrogen) atoms. The second-order valence-corrected chi connectivity index (χ2v) is 5.68. The zero-order chi connectivity index (χ0) is 12.6. The van der Waals surface area contributed by atoms with Crippen LogP contribution in [0.1, 0.15) is 17.0 Å². The number of rotatable bonds is 2. The monoisotopic (exact) mass is 361 g/mol. The highest BCUT2D eigenvalue weighted by atomic mass is 79.9. The van der Waals surface area contributed by atoms with Crippen LogP contribution in [0.5, 0.6) is 0 Å². The molecule has 1 aliphatic carbocycles. The molecule has 0 spiro atoms. The lowest BCUT2D eigenvalue weighted by Gasteiger charge is -2.38. The van der Waals surface area contributed by atoms with Gasteiger partial charge in [0.1, 0.15) is 0 Å². The molecule has 1 atom stereocenters. The van der Waals surface area contributed by atoms with Gasteiger partial charge in [-0.3, -0.25) is 4.98 Å². The molecule has 1 aromatic rings. The second kappa shape index (κ2) is 4.80. The van der Waals surface area contributed by atoms with Gasteiger partial charge in [-0.1, -0.05) is 15.9 Å². The van der Waals surface area contributed by atoms with E-state index in [0.29, 0.717) is 0 Å². The second-order valence-electron chi connectivity index (χ2n) is 3.84. The Morgan fingerprint density at radius 3 is 2.53 bits per heavy atom. The molecular formula is C12H13Br2NO2. The van der Waals surface area contributed by atoms with Crippen LogP contribution in [-0.4, -0.2) is 24.0 Å². The van der Waals surface area contributed by atoms with E-state index in [-0.39, 0.29) is 4.83 Å². The van der Waals surface area contributed by atoms with E-state index in [0.717, 1.165) is 21.4 Å². The molecule has 0 radical (unpaired) electrons. The molecule has 1 heterocycles. The van der Waals surface area contributed by atoms with Crippen molar-refractivity contribution in [3.63, 3.8) is 0 Å². The molecule has 0 saturated carbocycles. The van der Waals surface area contributed by atoms with E-state index in [2.05, 4.69) is 36.8 Å². The van der Waals surface area contributed by atoms with E-state index in [1.165, 1.54) is 0 Å². The number of nitrogens with zero attached hydrogens (tertiary/aromatic N) is 1. The van der Waals surface area contributed by atoms with Crippen molar-refractivity contribution in [2.24, 2.45) is 0 Å². The molecule has 0 bridgehead atoms. The number of methoxy groups -OCH3 is 2. The van der Waals surface area contributed by atoms with Crippen LogP contribution < -0.4 is 0 Å². The van der Waals surface area contributed by atoms with Crippen molar-refractivity contribution in [2.75, 3.05) is 14.2 Å². The lowest BCUT2D eigenvalue weighted by Crippen LogP contribution is -2.42. The summed E-state index contributed by atoms with van der Waals surface area (Å²) in [4.78, 5) is 4.45. The SMILES string of the molecule is COC1(OC)c2ccc(C)nc2C(Br)=CC1Br. The molecule has 0 saturated heterocycles. The van der Waals surface area contributed by atoms with Crippen molar-refractivity contribution in [3.05, 3.63) is 35.2 Å². The highest BCUT2D eigenvalue weighted by molar-refractivity contribution is 9.15. The zero-order valence-electron chi connectivity index (χ0n) is 9.83. The molecule has 1 aliphatic rings. The van der Waals surface area contributed by atoms with E-state index >= 15 is 0 Å². The standard InChI is InChI=1S/C12H13Br2NO2/c1-7-4-5-8-11(15-7)9(13)6-10(14)12(8,16-2)17-3/h4-6,10H,1-3H3. The molecule has 1 aromatic heterocycles. The van der Waals surface area contributed by atoms with E-state index in [1.807, 2.05) is 25.1 Å². The Kier molecular flexibility index (Phi) is 3.73. The zero-order valence-corrected chi connectivity index (χ0v) is 13.0. The van der Waals surface area contributed by atoms with Gasteiger partial charge in [-0.15, -0.1) is 0 Å². The predicted molar refractivity (Wildman–Crippen MR) is 74.3 cm³/mol. The molecule has 1 unspecified atom stereocenters. The smallest absolute Gasteiger partial charge is 0.213 e. The Labute approximate surface area is 117 Å². The van der Waals surface area contributed by atoms with Crippen LogP contribution in [0.25, 0.3) is 4.48 Å². The molecule has 3 nitrogen and oxygen atoms in total. The molecule has 0 fully saturated rings. The number of halogens is 2. The Morgan fingerprint density at radius 2 is 1.94 bits per heavy atom. The topological polar surface area (TPSA) is 31.4 Å². The van der Waals surface area contributed by atoms with Gasteiger partial charge < -0.3 is 9.47 Å². The minimum atomic E-state index is -0.826. The fourth-order valence-electron chi connectivity index (χ4n) is 2.01. The predicted octanol–water partition coefficient (Wildman–Crippen LogP) is 3.35.